The Balaban J connectivity index is 1.55. The summed E-state index contributed by atoms with van der Waals surface area (Å²) in [5.74, 6) is 0. The third-order valence-corrected chi connectivity index (χ3v) is 10.5. The van der Waals surface area contributed by atoms with E-state index < -0.39 is 45.3 Å². The largest absolute Gasteiger partial charge is 0.416 e. The van der Waals surface area contributed by atoms with E-state index in [9.17, 15) is 26.3 Å². The SMILES string of the molecule is FC(F)(F)c1ccc([S+](c2ccccc2)c2ccc([S+](c3ccccc3)c3ccc(C(F)(F)F)cc3)cc2)cc1. The standard InChI is InChI=1S/C32H22F6S2/c33-31(34,35)23-11-15-27(16-12-23)39(25-7-3-1-4-8-25)29-19-21-30(22-20-29)40(26-9-5-2-6-10-26)28-17-13-24(14-18-28)32(36,37)38/h1-22H/q+2. The minimum atomic E-state index is -4.42. The molecule has 0 nitrogen and oxygen atoms in total. The summed E-state index contributed by atoms with van der Waals surface area (Å²) in [6.45, 7) is 0. The van der Waals surface area contributed by atoms with Crippen LogP contribution in [0.1, 0.15) is 11.1 Å². The van der Waals surface area contributed by atoms with Gasteiger partial charge in [0.05, 0.1) is 32.9 Å². The highest BCUT2D eigenvalue weighted by Crippen LogP contribution is 2.38. The van der Waals surface area contributed by atoms with Crippen molar-refractivity contribution in [1.82, 2.24) is 0 Å². The normalized spacial score (nSPS) is 13.6. The molecule has 8 heteroatoms. The first-order valence-electron chi connectivity index (χ1n) is 12.1. The van der Waals surface area contributed by atoms with E-state index in [2.05, 4.69) is 0 Å². The summed E-state index contributed by atoms with van der Waals surface area (Å²) in [4.78, 5) is 5.24. The molecule has 0 amide bonds. The molecule has 0 heterocycles. The molecule has 5 aromatic rings. The van der Waals surface area contributed by atoms with Crippen LogP contribution in [0.25, 0.3) is 0 Å². The third kappa shape index (κ3) is 6.24. The van der Waals surface area contributed by atoms with E-state index in [4.69, 9.17) is 0 Å². The Kier molecular flexibility index (Phi) is 8.01. The minimum absolute atomic E-state index is 0.663. The Morgan fingerprint density at radius 1 is 0.300 bits per heavy atom. The summed E-state index contributed by atoms with van der Waals surface area (Å²) in [6, 6.07) is 37.4. The lowest BCUT2D eigenvalue weighted by Crippen LogP contribution is -2.09. The fraction of sp³-hybridized carbons (Fsp3) is 0.0625. The van der Waals surface area contributed by atoms with Crippen molar-refractivity contribution in [3.63, 3.8) is 0 Å². The quantitative estimate of drug-likeness (QED) is 0.138. The number of rotatable bonds is 6. The van der Waals surface area contributed by atoms with Gasteiger partial charge in [0.15, 0.2) is 29.4 Å². The molecule has 0 aliphatic carbocycles. The van der Waals surface area contributed by atoms with Crippen LogP contribution in [-0.4, -0.2) is 0 Å². The summed E-state index contributed by atoms with van der Waals surface area (Å²) < 4.78 is 79.2. The molecule has 0 saturated heterocycles. The Hall–Kier alpha value is -3.62. The van der Waals surface area contributed by atoms with Crippen molar-refractivity contribution in [3.05, 3.63) is 145 Å². The van der Waals surface area contributed by atoms with E-state index in [1.807, 2.05) is 84.9 Å². The number of alkyl halides is 6. The van der Waals surface area contributed by atoms with Gasteiger partial charge in [-0.15, -0.1) is 0 Å². The molecule has 0 bridgehead atoms. The lowest BCUT2D eigenvalue weighted by Gasteiger charge is -2.12. The van der Waals surface area contributed by atoms with Gasteiger partial charge in [0.1, 0.15) is 0 Å². The highest BCUT2D eigenvalue weighted by molar-refractivity contribution is 7.97. The van der Waals surface area contributed by atoms with E-state index in [1.165, 1.54) is 24.3 Å². The van der Waals surface area contributed by atoms with Gasteiger partial charge in [-0.3, -0.25) is 0 Å². The predicted molar refractivity (Wildman–Crippen MR) is 147 cm³/mol. The number of halogens is 6. The van der Waals surface area contributed by atoms with Gasteiger partial charge in [-0.05, 0) is 97.1 Å². The fourth-order valence-corrected chi connectivity index (χ4v) is 8.33. The molecule has 0 fully saturated rings. The van der Waals surface area contributed by atoms with Crippen LogP contribution in [0.15, 0.2) is 163 Å². The van der Waals surface area contributed by atoms with Crippen molar-refractivity contribution in [3.8, 4) is 0 Å². The first kappa shape index (κ1) is 27.9. The average molecular weight is 585 g/mol. The second kappa shape index (κ2) is 11.5. The Labute approximate surface area is 234 Å². The van der Waals surface area contributed by atoms with Crippen molar-refractivity contribution in [1.29, 1.82) is 0 Å². The van der Waals surface area contributed by atoms with Crippen LogP contribution in [0.5, 0.6) is 0 Å². The van der Waals surface area contributed by atoms with Gasteiger partial charge in [-0.25, -0.2) is 0 Å². The van der Waals surface area contributed by atoms with E-state index in [0.29, 0.717) is 0 Å². The van der Waals surface area contributed by atoms with E-state index in [0.717, 1.165) is 53.6 Å². The van der Waals surface area contributed by atoms with Crippen molar-refractivity contribution in [2.45, 2.75) is 41.7 Å². The first-order valence-corrected chi connectivity index (χ1v) is 14.6. The monoisotopic (exact) mass is 584 g/mol. The van der Waals surface area contributed by atoms with Crippen molar-refractivity contribution in [2.24, 2.45) is 0 Å². The topological polar surface area (TPSA) is 0 Å². The third-order valence-electron chi connectivity index (χ3n) is 6.09. The molecule has 0 aromatic heterocycles. The van der Waals surface area contributed by atoms with Gasteiger partial charge in [-0.1, -0.05) is 36.4 Å². The van der Waals surface area contributed by atoms with Crippen LogP contribution in [0.2, 0.25) is 0 Å². The number of benzene rings is 5. The first-order chi connectivity index (χ1) is 19.1. The van der Waals surface area contributed by atoms with Crippen molar-refractivity contribution in [2.75, 3.05) is 0 Å². The summed E-state index contributed by atoms with van der Waals surface area (Å²) in [7, 11) is -1.33. The summed E-state index contributed by atoms with van der Waals surface area (Å²) in [5.41, 5.74) is -1.40. The highest BCUT2D eigenvalue weighted by Gasteiger charge is 2.36. The zero-order valence-corrected chi connectivity index (χ0v) is 22.4. The van der Waals surface area contributed by atoms with Crippen LogP contribution in [0.4, 0.5) is 26.3 Å². The van der Waals surface area contributed by atoms with Gasteiger partial charge in [-0.2, -0.15) is 26.3 Å². The molecular weight excluding hydrogens is 562 g/mol. The van der Waals surface area contributed by atoms with Crippen molar-refractivity contribution < 1.29 is 26.3 Å². The van der Waals surface area contributed by atoms with Gasteiger partial charge >= 0.3 is 12.4 Å². The summed E-state index contributed by atoms with van der Waals surface area (Å²) in [6.07, 6.45) is -8.84. The van der Waals surface area contributed by atoms with Gasteiger partial charge in [0.2, 0.25) is 0 Å². The number of hydrogen-bond acceptors (Lipinski definition) is 0. The lowest BCUT2D eigenvalue weighted by molar-refractivity contribution is -0.138. The van der Waals surface area contributed by atoms with Crippen LogP contribution >= 0.6 is 0 Å². The van der Waals surface area contributed by atoms with Crippen molar-refractivity contribution >= 4 is 21.8 Å². The number of hydrogen-bond donors (Lipinski definition) is 0. The molecule has 0 spiro atoms. The van der Waals surface area contributed by atoms with E-state index in [1.54, 1.807) is 0 Å². The maximum Gasteiger partial charge on any atom is 0.416 e. The Morgan fingerprint density at radius 2 is 0.525 bits per heavy atom. The maximum absolute atomic E-state index is 13.2. The van der Waals surface area contributed by atoms with Gasteiger partial charge in [0.25, 0.3) is 0 Å². The lowest BCUT2D eigenvalue weighted by atomic mass is 10.2. The van der Waals surface area contributed by atoms with Gasteiger partial charge in [0, 0.05) is 0 Å². The zero-order chi connectivity index (χ0) is 28.3. The van der Waals surface area contributed by atoms with E-state index in [-0.39, 0.29) is 0 Å². The summed E-state index contributed by atoms with van der Waals surface area (Å²) in [5, 5.41) is 0. The molecule has 2 atom stereocenters. The Bertz CT molecular complexity index is 1410. The maximum atomic E-state index is 13.2. The highest BCUT2D eigenvalue weighted by atomic mass is 32.2. The molecule has 0 saturated carbocycles. The fourth-order valence-electron chi connectivity index (χ4n) is 4.20. The molecule has 5 aromatic carbocycles. The summed E-state index contributed by atoms with van der Waals surface area (Å²) >= 11 is 0. The van der Waals surface area contributed by atoms with Crippen LogP contribution in [0, 0.1) is 0 Å². The second-order valence-corrected chi connectivity index (χ2v) is 12.8. The van der Waals surface area contributed by atoms with Crippen LogP contribution in [-0.2, 0) is 34.1 Å². The predicted octanol–water partition coefficient (Wildman–Crippen LogP) is 9.91. The van der Waals surface area contributed by atoms with E-state index >= 15 is 0 Å². The minimum Gasteiger partial charge on any atom is -0.166 e. The molecule has 0 aliphatic heterocycles. The molecule has 5 rings (SSSR count). The molecule has 0 radical (unpaired) electrons. The zero-order valence-electron chi connectivity index (χ0n) is 20.8. The van der Waals surface area contributed by atoms with Gasteiger partial charge < -0.3 is 0 Å². The second-order valence-electron chi connectivity index (χ2n) is 8.75. The molecule has 40 heavy (non-hydrogen) atoms. The molecule has 0 N–H and O–H groups in total. The smallest absolute Gasteiger partial charge is 0.166 e. The van der Waals surface area contributed by atoms with Crippen LogP contribution in [0.3, 0.4) is 0 Å². The molecule has 2 unspecified atom stereocenters. The average Bonchev–Trinajstić information content (AvgIpc) is 2.95. The van der Waals surface area contributed by atoms with Crippen LogP contribution < -0.4 is 0 Å². The molecule has 0 aliphatic rings. The molecule has 202 valence electrons. The molecular formula is C32H22F6S2+2. The Morgan fingerprint density at radius 3 is 0.775 bits per heavy atom.